The highest BCUT2D eigenvalue weighted by atomic mass is 79.9. The maximum Gasteiger partial charge on any atom is 0.198 e. The van der Waals surface area contributed by atoms with Gasteiger partial charge in [-0.05, 0) is 34.5 Å². The van der Waals surface area contributed by atoms with Gasteiger partial charge in [-0.1, -0.05) is 6.92 Å². The SMILES string of the molecule is CCCNc1ccnc(-c2occc2Br)n1. The van der Waals surface area contributed by atoms with Gasteiger partial charge in [-0.2, -0.15) is 0 Å². The largest absolute Gasteiger partial charge is 0.460 e. The minimum atomic E-state index is 0.581. The maximum atomic E-state index is 5.31. The third-order valence-corrected chi connectivity index (χ3v) is 2.66. The highest BCUT2D eigenvalue weighted by Gasteiger charge is 2.09. The smallest absolute Gasteiger partial charge is 0.198 e. The topological polar surface area (TPSA) is 51.0 Å². The number of anilines is 1. The number of nitrogens with zero attached hydrogens (tertiary/aromatic N) is 2. The molecule has 0 unspecified atom stereocenters. The fraction of sp³-hybridized carbons (Fsp3) is 0.273. The van der Waals surface area contributed by atoms with Crippen LogP contribution in [0.4, 0.5) is 5.82 Å². The van der Waals surface area contributed by atoms with Gasteiger partial charge >= 0.3 is 0 Å². The quantitative estimate of drug-likeness (QED) is 0.934. The zero-order valence-electron chi connectivity index (χ0n) is 8.90. The van der Waals surface area contributed by atoms with Crippen molar-refractivity contribution in [2.75, 3.05) is 11.9 Å². The zero-order valence-corrected chi connectivity index (χ0v) is 10.5. The average Bonchev–Trinajstić information content (AvgIpc) is 2.73. The minimum absolute atomic E-state index is 0.581. The summed E-state index contributed by atoms with van der Waals surface area (Å²) in [4.78, 5) is 8.54. The van der Waals surface area contributed by atoms with Crippen molar-refractivity contribution in [2.45, 2.75) is 13.3 Å². The molecule has 1 N–H and O–H groups in total. The monoisotopic (exact) mass is 281 g/mol. The van der Waals surface area contributed by atoms with Crippen molar-refractivity contribution >= 4 is 21.7 Å². The van der Waals surface area contributed by atoms with Gasteiger partial charge < -0.3 is 9.73 Å². The predicted molar refractivity (Wildman–Crippen MR) is 66.2 cm³/mol. The lowest BCUT2D eigenvalue weighted by Gasteiger charge is -2.04. The van der Waals surface area contributed by atoms with E-state index in [4.69, 9.17) is 4.42 Å². The first kappa shape index (κ1) is 11.1. The van der Waals surface area contributed by atoms with Gasteiger partial charge in [0.1, 0.15) is 5.82 Å². The Morgan fingerprint density at radius 3 is 3.00 bits per heavy atom. The van der Waals surface area contributed by atoms with Crippen LogP contribution in [-0.4, -0.2) is 16.5 Å². The normalized spacial score (nSPS) is 10.4. The lowest BCUT2D eigenvalue weighted by molar-refractivity contribution is 0.576. The molecule has 16 heavy (non-hydrogen) atoms. The van der Waals surface area contributed by atoms with Crippen molar-refractivity contribution in [1.29, 1.82) is 0 Å². The molecule has 0 radical (unpaired) electrons. The molecule has 0 aliphatic rings. The van der Waals surface area contributed by atoms with Crippen LogP contribution in [0.25, 0.3) is 11.6 Å². The summed E-state index contributed by atoms with van der Waals surface area (Å²) >= 11 is 3.39. The standard InChI is InChI=1S/C11H12BrN3O/c1-2-5-13-9-3-6-14-11(15-9)10-8(12)4-7-16-10/h3-4,6-7H,2,5H2,1H3,(H,13,14,15). The van der Waals surface area contributed by atoms with E-state index in [0.29, 0.717) is 11.6 Å². The van der Waals surface area contributed by atoms with E-state index in [1.54, 1.807) is 12.5 Å². The summed E-state index contributed by atoms with van der Waals surface area (Å²) in [6, 6.07) is 3.67. The van der Waals surface area contributed by atoms with Gasteiger partial charge in [0.15, 0.2) is 11.6 Å². The van der Waals surface area contributed by atoms with Gasteiger partial charge in [-0.15, -0.1) is 0 Å². The number of furan rings is 1. The van der Waals surface area contributed by atoms with Crippen molar-refractivity contribution in [3.05, 3.63) is 29.1 Å². The Morgan fingerprint density at radius 1 is 1.44 bits per heavy atom. The Morgan fingerprint density at radius 2 is 2.31 bits per heavy atom. The van der Waals surface area contributed by atoms with E-state index in [-0.39, 0.29) is 0 Å². The van der Waals surface area contributed by atoms with Crippen LogP contribution in [0.1, 0.15) is 13.3 Å². The summed E-state index contributed by atoms with van der Waals surface area (Å²) in [5, 5.41) is 3.21. The Bertz CT molecular complexity index is 470. The second-order valence-electron chi connectivity index (χ2n) is 3.29. The van der Waals surface area contributed by atoms with E-state index in [9.17, 15) is 0 Å². The molecular formula is C11H12BrN3O. The van der Waals surface area contributed by atoms with Crippen LogP contribution in [0, 0.1) is 0 Å². The molecule has 0 atom stereocenters. The molecule has 0 amide bonds. The molecule has 2 heterocycles. The molecule has 0 bridgehead atoms. The van der Waals surface area contributed by atoms with Crippen molar-refractivity contribution in [3.63, 3.8) is 0 Å². The molecule has 4 nitrogen and oxygen atoms in total. The third-order valence-electron chi connectivity index (χ3n) is 2.03. The van der Waals surface area contributed by atoms with E-state index < -0.39 is 0 Å². The Hall–Kier alpha value is -1.36. The van der Waals surface area contributed by atoms with E-state index in [0.717, 1.165) is 23.3 Å². The summed E-state index contributed by atoms with van der Waals surface area (Å²) in [6.07, 6.45) is 4.38. The zero-order chi connectivity index (χ0) is 11.4. The van der Waals surface area contributed by atoms with Crippen LogP contribution in [0.15, 0.2) is 33.5 Å². The van der Waals surface area contributed by atoms with Gasteiger partial charge in [0.2, 0.25) is 0 Å². The van der Waals surface area contributed by atoms with E-state index in [1.807, 2.05) is 12.1 Å². The highest BCUT2D eigenvalue weighted by molar-refractivity contribution is 9.10. The Kier molecular flexibility index (Phi) is 3.56. The average molecular weight is 282 g/mol. The fourth-order valence-corrected chi connectivity index (χ4v) is 1.65. The van der Waals surface area contributed by atoms with Crippen LogP contribution >= 0.6 is 15.9 Å². The van der Waals surface area contributed by atoms with E-state index >= 15 is 0 Å². The lowest BCUT2D eigenvalue weighted by Crippen LogP contribution is -2.02. The summed E-state index contributed by atoms with van der Waals surface area (Å²) < 4.78 is 6.17. The molecule has 0 aliphatic heterocycles. The van der Waals surface area contributed by atoms with Gasteiger partial charge in [0, 0.05) is 12.7 Å². The van der Waals surface area contributed by atoms with Crippen LogP contribution in [0.5, 0.6) is 0 Å². The second kappa shape index (κ2) is 5.12. The molecule has 0 spiro atoms. The molecule has 0 fully saturated rings. The number of hydrogen-bond donors (Lipinski definition) is 1. The van der Waals surface area contributed by atoms with Crippen molar-refractivity contribution < 1.29 is 4.42 Å². The highest BCUT2D eigenvalue weighted by Crippen LogP contribution is 2.26. The number of aromatic nitrogens is 2. The van der Waals surface area contributed by atoms with Crippen molar-refractivity contribution in [3.8, 4) is 11.6 Å². The van der Waals surface area contributed by atoms with E-state index in [2.05, 4.69) is 38.1 Å². The minimum Gasteiger partial charge on any atom is -0.460 e. The predicted octanol–water partition coefficient (Wildman–Crippen LogP) is 3.32. The molecule has 0 saturated carbocycles. The summed E-state index contributed by atoms with van der Waals surface area (Å²) in [6.45, 7) is 3.01. The molecule has 0 aliphatic carbocycles. The molecule has 2 aromatic heterocycles. The first-order valence-corrected chi connectivity index (χ1v) is 5.91. The van der Waals surface area contributed by atoms with E-state index in [1.165, 1.54) is 0 Å². The summed E-state index contributed by atoms with van der Waals surface area (Å²) in [5.41, 5.74) is 0. The first-order valence-electron chi connectivity index (χ1n) is 5.11. The number of halogens is 1. The van der Waals surface area contributed by atoms with Crippen molar-refractivity contribution in [2.24, 2.45) is 0 Å². The molecule has 0 saturated heterocycles. The lowest BCUT2D eigenvalue weighted by atomic mass is 10.4. The number of hydrogen-bond acceptors (Lipinski definition) is 4. The van der Waals surface area contributed by atoms with Gasteiger partial charge in [-0.3, -0.25) is 0 Å². The van der Waals surface area contributed by atoms with Gasteiger partial charge in [-0.25, -0.2) is 9.97 Å². The summed E-state index contributed by atoms with van der Waals surface area (Å²) in [7, 11) is 0. The summed E-state index contributed by atoms with van der Waals surface area (Å²) in [5.74, 6) is 2.05. The third kappa shape index (κ3) is 2.41. The first-order chi connectivity index (χ1) is 7.81. The molecular weight excluding hydrogens is 270 g/mol. The molecule has 2 aromatic rings. The molecule has 0 aromatic carbocycles. The number of rotatable bonds is 4. The van der Waals surface area contributed by atoms with Crippen LogP contribution in [0.3, 0.4) is 0 Å². The van der Waals surface area contributed by atoms with Crippen LogP contribution < -0.4 is 5.32 Å². The molecule has 5 heteroatoms. The Balaban J connectivity index is 2.26. The van der Waals surface area contributed by atoms with Gasteiger partial charge in [0.05, 0.1) is 10.7 Å². The maximum absolute atomic E-state index is 5.31. The second-order valence-corrected chi connectivity index (χ2v) is 4.14. The molecule has 84 valence electrons. The van der Waals surface area contributed by atoms with Crippen LogP contribution in [0.2, 0.25) is 0 Å². The molecule has 2 rings (SSSR count). The number of nitrogens with one attached hydrogen (secondary N) is 1. The fourth-order valence-electron chi connectivity index (χ4n) is 1.27. The van der Waals surface area contributed by atoms with Crippen molar-refractivity contribution in [1.82, 2.24) is 9.97 Å². The Labute approximate surface area is 102 Å². The van der Waals surface area contributed by atoms with Gasteiger partial charge in [0.25, 0.3) is 0 Å². The van der Waals surface area contributed by atoms with Crippen LogP contribution in [-0.2, 0) is 0 Å².